The third kappa shape index (κ3) is 5.05. The molecule has 0 aliphatic rings. The Morgan fingerprint density at radius 1 is 1.17 bits per heavy atom. The fraction of sp³-hybridized carbons (Fsp3) is 0.333. The van der Waals surface area contributed by atoms with Crippen LogP contribution in [0.4, 0.5) is 0 Å². The predicted octanol–water partition coefficient (Wildman–Crippen LogP) is 4.90. The minimum atomic E-state index is -0.113. The molecule has 152 valence electrons. The number of rotatable bonds is 7. The third-order valence-electron chi connectivity index (χ3n) is 5.04. The van der Waals surface area contributed by atoms with Crippen molar-refractivity contribution >= 4 is 5.91 Å². The van der Waals surface area contributed by atoms with E-state index in [0.717, 1.165) is 34.7 Å². The number of hydrogen-bond acceptors (Lipinski definition) is 3. The van der Waals surface area contributed by atoms with Crippen LogP contribution in [0.1, 0.15) is 58.2 Å². The summed E-state index contributed by atoms with van der Waals surface area (Å²) in [7, 11) is 0. The molecule has 1 aromatic heterocycles. The highest BCUT2D eigenvalue weighted by atomic mass is 16.5. The van der Waals surface area contributed by atoms with E-state index in [-0.39, 0.29) is 11.9 Å². The van der Waals surface area contributed by atoms with Gasteiger partial charge in [-0.25, -0.2) is 0 Å². The van der Waals surface area contributed by atoms with Gasteiger partial charge in [-0.3, -0.25) is 9.48 Å². The summed E-state index contributed by atoms with van der Waals surface area (Å²) in [5, 5.41) is 7.53. The summed E-state index contributed by atoms with van der Waals surface area (Å²) >= 11 is 0. The van der Waals surface area contributed by atoms with E-state index >= 15 is 0 Å². The van der Waals surface area contributed by atoms with E-state index in [1.165, 1.54) is 5.56 Å². The molecule has 1 unspecified atom stereocenters. The number of aromatic nitrogens is 2. The first kappa shape index (κ1) is 20.6. The molecular formula is C24H29N3O2. The SMILES string of the molecule is CCn1cc(C(C)NC(=O)c2cccc(COc3ccc(C)cc3C)c2)c(C)n1. The maximum atomic E-state index is 12.8. The Hall–Kier alpha value is -3.08. The van der Waals surface area contributed by atoms with E-state index in [2.05, 4.69) is 23.4 Å². The van der Waals surface area contributed by atoms with Gasteiger partial charge >= 0.3 is 0 Å². The van der Waals surface area contributed by atoms with E-state index < -0.39 is 0 Å². The fourth-order valence-electron chi connectivity index (χ4n) is 3.40. The minimum Gasteiger partial charge on any atom is -0.489 e. The van der Waals surface area contributed by atoms with Crippen LogP contribution in [0.3, 0.4) is 0 Å². The molecule has 0 bridgehead atoms. The van der Waals surface area contributed by atoms with Gasteiger partial charge in [0.25, 0.3) is 5.91 Å². The van der Waals surface area contributed by atoms with Crippen molar-refractivity contribution in [2.75, 3.05) is 0 Å². The summed E-state index contributed by atoms with van der Waals surface area (Å²) < 4.78 is 7.84. The van der Waals surface area contributed by atoms with Crippen LogP contribution in [0.5, 0.6) is 5.75 Å². The molecule has 0 radical (unpaired) electrons. The number of carbonyl (C=O) groups is 1. The van der Waals surface area contributed by atoms with E-state index in [0.29, 0.717) is 12.2 Å². The Balaban J connectivity index is 1.66. The quantitative estimate of drug-likeness (QED) is 0.623. The van der Waals surface area contributed by atoms with Crippen LogP contribution >= 0.6 is 0 Å². The zero-order valence-corrected chi connectivity index (χ0v) is 17.8. The number of hydrogen-bond donors (Lipinski definition) is 1. The Bertz CT molecular complexity index is 1010. The topological polar surface area (TPSA) is 56.2 Å². The molecule has 1 atom stereocenters. The molecule has 1 heterocycles. The van der Waals surface area contributed by atoms with E-state index in [1.54, 1.807) is 0 Å². The third-order valence-corrected chi connectivity index (χ3v) is 5.04. The highest BCUT2D eigenvalue weighted by Gasteiger charge is 2.16. The number of carbonyl (C=O) groups excluding carboxylic acids is 1. The highest BCUT2D eigenvalue weighted by Crippen LogP contribution is 2.21. The molecule has 0 aliphatic carbocycles. The molecule has 3 rings (SSSR count). The van der Waals surface area contributed by atoms with Crippen LogP contribution in [0.25, 0.3) is 0 Å². The normalized spacial score (nSPS) is 11.9. The average Bonchev–Trinajstić information content (AvgIpc) is 3.08. The highest BCUT2D eigenvalue weighted by molar-refractivity contribution is 5.94. The monoisotopic (exact) mass is 391 g/mol. The molecule has 1 N–H and O–H groups in total. The van der Waals surface area contributed by atoms with Gasteiger partial charge in [0.1, 0.15) is 12.4 Å². The number of nitrogens with zero attached hydrogens (tertiary/aromatic N) is 2. The standard InChI is InChI=1S/C24H29N3O2/c1-6-27-14-22(19(5)26-27)18(4)25-24(28)21-9-7-8-20(13-21)15-29-23-11-10-16(2)12-17(23)3/h7-14,18H,6,15H2,1-5H3,(H,25,28). The lowest BCUT2D eigenvalue weighted by Crippen LogP contribution is -2.27. The van der Waals surface area contributed by atoms with Gasteiger partial charge in [-0.1, -0.05) is 29.8 Å². The van der Waals surface area contributed by atoms with Crippen LogP contribution in [-0.2, 0) is 13.2 Å². The van der Waals surface area contributed by atoms with Crippen LogP contribution in [0.2, 0.25) is 0 Å². The van der Waals surface area contributed by atoms with Gasteiger partial charge in [-0.2, -0.15) is 5.10 Å². The first-order valence-corrected chi connectivity index (χ1v) is 10.0. The lowest BCUT2D eigenvalue weighted by Gasteiger charge is -2.14. The fourth-order valence-corrected chi connectivity index (χ4v) is 3.40. The molecule has 0 aliphatic heterocycles. The van der Waals surface area contributed by atoms with E-state index in [9.17, 15) is 4.79 Å². The first-order chi connectivity index (χ1) is 13.9. The molecule has 29 heavy (non-hydrogen) atoms. The Labute approximate surface area is 172 Å². The molecule has 0 saturated carbocycles. The van der Waals surface area contributed by atoms with Gasteiger partial charge in [0, 0.05) is 23.9 Å². The van der Waals surface area contributed by atoms with Crippen molar-refractivity contribution in [3.8, 4) is 5.75 Å². The van der Waals surface area contributed by atoms with Crippen LogP contribution in [0.15, 0.2) is 48.7 Å². The molecule has 3 aromatic rings. The van der Waals surface area contributed by atoms with Gasteiger partial charge in [0.2, 0.25) is 0 Å². The Morgan fingerprint density at radius 2 is 1.97 bits per heavy atom. The van der Waals surface area contributed by atoms with Crippen molar-refractivity contribution in [1.29, 1.82) is 0 Å². The van der Waals surface area contributed by atoms with Crippen LogP contribution < -0.4 is 10.1 Å². The van der Waals surface area contributed by atoms with Crippen LogP contribution in [0, 0.1) is 20.8 Å². The molecule has 2 aromatic carbocycles. The molecule has 5 nitrogen and oxygen atoms in total. The van der Waals surface area contributed by atoms with Crippen molar-refractivity contribution in [3.05, 3.63) is 82.2 Å². The lowest BCUT2D eigenvalue weighted by atomic mass is 10.1. The molecule has 0 spiro atoms. The molecule has 0 saturated heterocycles. The predicted molar refractivity (Wildman–Crippen MR) is 115 cm³/mol. The number of nitrogens with one attached hydrogen (secondary N) is 1. The first-order valence-electron chi connectivity index (χ1n) is 10.0. The van der Waals surface area contributed by atoms with Gasteiger partial charge in [0.05, 0.1) is 11.7 Å². The summed E-state index contributed by atoms with van der Waals surface area (Å²) in [5.74, 6) is 0.761. The number of aryl methyl sites for hydroxylation is 4. The van der Waals surface area contributed by atoms with Gasteiger partial charge in [0.15, 0.2) is 0 Å². The second kappa shape index (κ2) is 8.95. The van der Waals surface area contributed by atoms with Crippen LogP contribution in [-0.4, -0.2) is 15.7 Å². The van der Waals surface area contributed by atoms with Crippen molar-refractivity contribution in [2.45, 2.75) is 53.8 Å². The zero-order chi connectivity index (χ0) is 21.0. The molecule has 0 fully saturated rings. The number of amides is 1. The number of benzene rings is 2. The molecular weight excluding hydrogens is 362 g/mol. The second-order valence-electron chi connectivity index (χ2n) is 7.48. The maximum absolute atomic E-state index is 12.8. The lowest BCUT2D eigenvalue weighted by molar-refractivity contribution is 0.0939. The van der Waals surface area contributed by atoms with Gasteiger partial charge < -0.3 is 10.1 Å². The average molecular weight is 392 g/mol. The van der Waals surface area contributed by atoms with Crippen molar-refractivity contribution in [2.24, 2.45) is 0 Å². The Kier molecular flexibility index (Phi) is 6.37. The molecule has 5 heteroatoms. The second-order valence-corrected chi connectivity index (χ2v) is 7.48. The zero-order valence-electron chi connectivity index (χ0n) is 17.8. The summed E-state index contributed by atoms with van der Waals surface area (Å²) in [4.78, 5) is 12.8. The smallest absolute Gasteiger partial charge is 0.251 e. The van der Waals surface area contributed by atoms with Crippen molar-refractivity contribution in [1.82, 2.24) is 15.1 Å². The number of ether oxygens (including phenoxy) is 1. The minimum absolute atomic E-state index is 0.102. The van der Waals surface area contributed by atoms with Gasteiger partial charge in [-0.15, -0.1) is 0 Å². The summed E-state index contributed by atoms with van der Waals surface area (Å²) in [6.45, 7) is 11.3. The van der Waals surface area contributed by atoms with Gasteiger partial charge in [-0.05, 0) is 63.9 Å². The molecule has 1 amide bonds. The maximum Gasteiger partial charge on any atom is 0.251 e. The van der Waals surface area contributed by atoms with Crippen molar-refractivity contribution in [3.63, 3.8) is 0 Å². The van der Waals surface area contributed by atoms with Crippen molar-refractivity contribution < 1.29 is 9.53 Å². The summed E-state index contributed by atoms with van der Waals surface area (Å²) in [6, 6.07) is 13.6. The summed E-state index contributed by atoms with van der Waals surface area (Å²) in [6.07, 6.45) is 1.99. The van der Waals surface area contributed by atoms with E-state index in [4.69, 9.17) is 4.74 Å². The van der Waals surface area contributed by atoms with E-state index in [1.807, 2.05) is 75.0 Å². The largest absolute Gasteiger partial charge is 0.489 e. The summed E-state index contributed by atoms with van der Waals surface area (Å²) in [5.41, 5.74) is 5.88. The Morgan fingerprint density at radius 3 is 2.66 bits per heavy atom.